The summed E-state index contributed by atoms with van der Waals surface area (Å²) in [5, 5.41) is 0. The number of hydrogen-bond donors (Lipinski definition) is 2. The van der Waals surface area contributed by atoms with E-state index in [-0.39, 0.29) is 22.1 Å². The van der Waals surface area contributed by atoms with Gasteiger partial charge in [-0.05, 0) is 6.07 Å². The van der Waals surface area contributed by atoms with Gasteiger partial charge >= 0.3 is 10.4 Å². The summed E-state index contributed by atoms with van der Waals surface area (Å²) in [5.74, 6) is -0.456. The van der Waals surface area contributed by atoms with Gasteiger partial charge in [0.15, 0.2) is 9.84 Å². The van der Waals surface area contributed by atoms with E-state index in [0.29, 0.717) is 0 Å². The van der Waals surface area contributed by atoms with Crippen LogP contribution in [0.25, 0.3) is 0 Å². The lowest BCUT2D eigenvalue weighted by molar-refractivity contribution is 0.284. The average Bonchev–Trinajstić information content (AvgIpc) is 2.36. The van der Waals surface area contributed by atoms with E-state index in [1.165, 1.54) is 20.3 Å². The third-order valence-electron chi connectivity index (χ3n) is 2.44. The molecule has 3 N–H and O–H groups in total. The maximum Gasteiger partial charge on any atom is 0.397 e. The summed E-state index contributed by atoms with van der Waals surface area (Å²) in [6.07, 6.45) is 0. The Morgan fingerprint density at radius 2 is 1.67 bits per heavy atom. The van der Waals surface area contributed by atoms with Crippen molar-refractivity contribution in [1.82, 2.24) is 0 Å². The summed E-state index contributed by atoms with van der Waals surface area (Å²) in [5.41, 5.74) is 5.71. The first kappa shape index (κ1) is 17.5. The molecular formula is C10H15NO8S2. The molecule has 0 aliphatic rings. The first-order valence-electron chi connectivity index (χ1n) is 5.47. The van der Waals surface area contributed by atoms with Crippen molar-refractivity contribution in [3.8, 4) is 11.5 Å². The van der Waals surface area contributed by atoms with Gasteiger partial charge in [-0.3, -0.25) is 4.55 Å². The Balaban J connectivity index is 3.10. The molecule has 0 fully saturated rings. The van der Waals surface area contributed by atoms with Gasteiger partial charge in [0.25, 0.3) is 0 Å². The van der Waals surface area contributed by atoms with Crippen molar-refractivity contribution in [2.75, 3.05) is 32.3 Å². The average molecular weight is 341 g/mol. The van der Waals surface area contributed by atoms with Gasteiger partial charge in [0.1, 0.15) is 16.4 Å². The molecule has 0 saturated heterocycles. The quantitative estimate of drug-likeness (QED) is 0.512. The second-order valence-corrected chi connectivity index (χ2v) is 6.98. The highest BCUT2D eigenvalue weighted by atomic mass is 32.3. The fourth-order valence-electron chi connectivity index (χ4n) is 1.50. The van der Waals surface area contributed by atoms with Crippen molar-refractivity contribution < 1.29 is 35.0 Å². The smallest absolute Gasteiger partial charge is 0.397 e. The number of anilines is 1. The molecule has 0 amide bonds. The molecule has 0 heterocycles. The Hall–Kier alpha value is -1.56. The fraction of sp³-hybridized carbons (Fsp3) is 0.400. The topological polar surface area (TPSA) is 142 Å². The molecule has 1 rings (SSSR count). The van der Waals surface area contributed by atoms with Gasteiger partial charge in [0.2, 0.25) is 0 Å². The summed E-state index contributed by atoms with van der Waals surface area (Å²) in [7, 11) is -6.01. The zero-order valence-electron chi connectivity index (χ0n) is 11.3. The maximum absolute atomic E-state index is 12.1. The van der Waals surface area contributed by atoms with Crippen LogP contribution in [0.2, 0.25) is 0 Å². The van der Waals surface area contributed by atoms with Crippen molar-refractivity contribution in [3.63, 3.8) is 0 Å². The molecule has 11 heteroatoms. The van der Waals surface area contributed by atoms with Crippen LogP contribution in [-0.2, 0) is 24.4 Å². The molecular weight excluding hydrogens is 326 g/mol. The number of rotatable bonds is 7. The van der Waals surface area contributed by atoms with Crippen LogP contribution in [0.3, 0.4) is 0 Å². The number of sulfone groups is 1. The van der Waals surface area contributed by atoms with E-state index in [2.05, 4.69) is 4.18 Å². The Bertz CT molecular complexity index is 711. The SMILES string of the molecule is COc1cc(OC)c(S(=O)(=O)CCOS(=O)(=O)O)cc1N. The van der Waals surface area contributed by atoms with Crippen LogP contribution in [0.15, 0.2) is 17.0 Å². The Morgan fingerprint density at radius 1 is 1.10 bits per heavy atom. The molecule has 1 aromatic rings. The highest BCUT2D eigenvalue weighted by molar-refractivity contribution is 7.91. The number of benzene rings is 1. The number of nitrogen functional groups attached to an aromatic ring is 1. The molecule has 0 atom stereocenters. The first-order chi connectivity index (χ1) is 9.60. The van der Waals surface area contributed by atoms with Gasteiger partial charge in [-0.25, -0.2) is 12.6 Å². The number of methoxy groups -OCH3 is 2. The standard InChI is InChI=1S/C10H15NO8S2/c1-17-8-6-9(18-2)10(5-7(8)11)20(12,13)4-3-19-21(14,15)16/h5-6H,3-4,11H2,1-2H3,(H,14,15,16). The minimum atomic E-state index is -4.70. The molecule has 0 radical (unpaired) electrons. The van der Waals surface area contributed by atoms with Crippen molar-refractivity contribution >= 4 is 25.9 Å². The lowest BCUT2D eigenvalue weighted by Gasteiger charge is -2.13. The van der Waals surface area contributed by atoms with Crippen LogP contribution in [0.5, 0.6) is 11.5 Å². The van der Waals surface area contributed by atoms with Gasteiger partial charge in [-0.15, -0.1) is 0 Å². The lowest BCUT2D eigenvalue weighted by Crippen LogP contribution is -2.16. The van der Waals surface area contributed by atoms with Crippen LogP contribution >= 0.6 is 0 Å². The van der Waals surface area contributed by atoms with Crippen LogP contribution < -0.4 is 15.2 Å². The summed E-state index contributed by atoms with van der Waals surface area (Å²) in [4.78, 5) is -0.234. The van der Waals surface area contributed by atoms with Crippen LogP contribution in [-0.4, -0.2) is 48.0 Å². The minimum absolute atomic E-state index is 0.00657. The molecule has 0 bridgehead atoms. The zero-order chi connectivity index (χ0) is 16.3. The van der Waals surface area contributed by atoms with E-state index in [4.69, 9.17) is 19.8 Å². The highest BCUT2D eigenvalue weighted by Gasteiger charge is 2.23. The van der Waals surface area contributed by atoms with E-state index < -0.39 is 32.6 Å². The first-order valence-corrected chi connectivity index (χ1v) is 8.48. The summed E-state index contributed by atoms with van der Waals surface area (Å²) in [6.45, 7) is -0.740. The largest absolute Gasteiger partial charge is 0.495 e. The molecule has 0 saturated carbocycles. The summed E-state index contributed by atoms with van der Waals surface area (Å²) in [6, 6.07) is 2.44. The molecule has 21 heavy (non-hydrogen) atoms. The molecule has 0 aromatic heterocycles. The predicted octanol–water partition coefficient (Wildman–Crippen LogP) is -0.121. The Morgan fingerprint density at radius 3 is 2.14 bits per heavy atom. The normalized spacial score (nSPS) is 12.1. The molecule has 0 aliphatic carbocycles. The van der Waals surface area contributed by atoms with E-state index in [1.54, 1.807) is 0 Å². The summed E-state index contributed by atoms with van der Waals surface area (Å²) < 4.78 is 67.3. The number of hydrogen-bond acceptors (Lipinski definition) is 8. The minimum Gasteiger partial charge on any atom is -0.495 e. The number of nitrogens with two attached hydrogens (primary N) is 1. The van der Waals surface area contributed by atoms with Crippen LogP contribution in [0.1, 0.15) is 0 Å². The monoisotopic (exact) mass is 341 g/mol. The molecule has 0 aliphatic heterocycles. The van der Waals surface area contributed by atoms with E-state index in [0.717, 1.165) is 6.07 Å². The van der Waals surface area contributed by atoms with Gasteiger partial charge in [0, 0.05) is 6.07 Å². The third-order valence-corrected chi connectivity index (χ3v) is 4.59. The molecule has 9 nitrogen and oxygen atoms in total. The third kappa shape index (κ3) is 4.74. The van der Waals surface area contributed by atoms with Gasteiger partial charge < -0.3 is 15.2 Å². The van der Waals surface area contributed by atoms with Crippen molar-refractivity contribution in [2.24, 2.45) is 0 Å². The van der Waals surface area contributed by atoms with E-state index >= 15 is 0 Å². The molecule has 120 valence electrons. The van der Waals surface area contributed by atoms with Gasteiger partial charge in [-0.1, -0.05) is 0 Å². The van der Waals surface area contributed by atoms with Gasteiger partial charge in [0.05, 0.1) is 32.3 Å². The maximum atomic E-state index is 12.1. The molecule has 0 unspecified atom stereocenters. The van der Waals surface area contributed by atoms with E-state index in [9.17, 15) is 16.8 Å². The lowest BCUT2D eigenvalue weighted by atomic mass is 10.3. The van der Waals surface area contributed by atoms with Crippen LogP contribution in [0, 0.1) is 0 Å². The Kier molecular flexibility index (Phi) is 5.39. The van der Waals surface area contributed by atoms with Crippen molar-refractivity contribution in [2.45, 2.75) is 4.90 Å². The second kappa shape index (κ2) is 6.47. The summed E-state index contributed by atoms with van der Waals surface area (Å²) >= 11 is 0. The predicted molar refractivity (Wildman–Crippen MR) is 73.5 cm³/mol. The van der Waals surface area contributed by atoms with Crippen molar-refractivity contribution in [3.05, 3.63) is 12.1 Å². The number of ether oxygens (including phenoxy) is 2. The van der Waals surface area contributed by atoms with E-state index in [1.807, 2.05) is 0 Å². The van der Waals surface area contributed by atoms with Crippen LogP contribution in [0.4, 0.5) is 5.69 Å². The molecule has 1 aromatic carbocycles. The van der Waals surface area contributed by atoms with Crippen molar-refractivity contribution in [1.29, 1.82) is 0 Å². The van der Waals surface area contributed by atoms with Gasteiger partial charge in [-0.2, -0.15) is 8.42 Å². The zero-order valence-corrected chi connectivity index (χ0v) is 12.9. The molecule has 0 spiro atoms. The fourth-order valence-corrected chi connectivity index (χ4v) is 3.17. The second-order valence-electron chi connectivity index (χ2n) is 3.81. The highest BCUT2D eigenvalue weighted by Crippen LogP contribution is 2.34. The Labute approximate surface area is 122 Å².